The fraction of sp³-hybridized carbons (Fsp3) is 0.0870. The van der Waals surface area contributed by atoms with Gasteiger partial charge in [-0.25, -0.2) is 0 Å². The van der Waals surface area contributed by atoms with Gasteiger partial charge in [0.05, 0.1) is 5.69 Å². The second kappa shape index (κ2) is 13.0. The fourth-order valence-corrected chi connectivity index (χ4v) is 6.84. The van der Waals surface area contributed by atoms with Crippen molar-refractivity contribution in [2.24, 2.45) is 0 Å². The molecule has 0 atom stereocenters. The van der Waals surface area contributed by atoms with Crippen molar-refractivity contribution in [3.8, 4) is 0 Å². The van der Waals surface area contributed by atoms with Crippen molar-refractivity contribution in [2.45, 2.75) is 27.7 Å². The number of nitrogens with zero attached hydrogens (tertiary/aromatic N) is 1. The Bertz CT molecular complexity index is 2170. The summed E-state index contributed by atoms with van der Waals surface area (Å²) in [5.74, 6) is 0. The van der Waals surface area contributed by atoms with Crippen molar-refractivity contribution in [3.05, 3.63) is 184 Å². The molecule has 0 unspecified atom stereocenters. The molecule has 0 bridgehead atoms. The zero-order valence-electron chi connectivity index (χ0n) is 27.5. The molecule has 47 heavy (non-hydrogen) atoms. The SMILES string of the molecule is Cc1ccc(N(c2ccc(C=Cc3c4ccccc4c(C=Cc4ccccc4)c4ccccc34)cc2)c2c(C)cc(C)cc2C)cc1. The summed E-state index contributed by atoms with van der Waals surface area (Å²) < 4.78 is 0. The van der Waals surface area contributed by atoms with Gasteiger partial charge in [0.25, 0.3) is 0 Å². The summed E-state index contributed by atoms with van der Waals surface area (Å²) in [4.78, 5) is 2.39. The van der Waals surface area contributed by atoms with Crippen LogP contribution in [0.4, 0.5) is 17.1 Å². The van der Waals surface area contributed by atoms with Crippen LogP contribution in [0.3, 0.4) is 0 Å². The van der Waals surface area contributed by atoms with Crippen molar-refractivity contribution in [3.63, 3.8) is 0 Å². The van der Waals surface area contributed by atoms with E-state index in [0.29, 0.717) is 0 Å². The minimum Gasteiger partial charge on any atom is -0.310 e. The molecule has 1 nitrogen and oxygen atoms in total. The van der Waals surface area contributed by atoms with Gasteiger partial charge >= 0.3 is 0 Å². The molecule has 0 aliphatic heterocycles. The third-order valence-corrected chi connectivity index (χ3v) is 9.00. The van der Waals surface area contributed by atoms with E-state index in [1.165, 1.54) is 66.2 Å². The molecule has 0 amide bonds. The van der Waals surface area contributed by atoms with Crippen LogP contribution < -0.4 is 4.90 Å². The summed E-state index contributed by atoms with van der Waals surface area (Å²) in [6, 6.07) is 50.4. The lowest BCUT2D eigenvalue weighted by atomic mass is 9.91. The molecule has 0 heterocycles. The van der Waals surface area contributed by atoms with E-state index in [2.05, 4.69) is 196 Å². The summed E-state index contributed by atoms with van der Waals surface area (Å²) in [6.45, 7) is 8.73. The molecule has 0 aliphatic carbocycles. The second-order valence-electron chi connectivity index (χ2n) is 12.5. The first-order valence-corrected chi connectivity index (χ1v) is 16.4. The van der Waals surface area contributed by atoms with Gasteiger partial charge in [-0.05, 0) is 107 Å². The van der Waals surface area contributed by atoms with Crippen LogP contribution in [0.5, 0.6) is 0 Å². The Kier molecular flexibility index (Phi) is 8.29. The molecule has 0 saturated heterocycles. The number of hydrogen-bond acceptors (Lipinski definition) is 1. The molecule has 0 spiro atoms. The normalized spacial score (nSPS) is 11.7. The molecular weight excluding hydrogens is 567 g/mol. The zero-order chi connectivity index (χ0) is 32.3. The van der Waals surface area contributed by atoms with E-state index >= 15 is 0 Å². The van der Waals surface area contributed by atoms with Gasteiger partial charge in [0, 0.05) is 11.4 Å². The van der Waals surface area contributed by atoms with Crippen molar-refractivity contribution >= 4 is 62.9 Å². The van der Waals surface area contributed by atoms with E-state index in [-0.39, 0.29) is 0 Å². The Hall–Kier alpha value is -5.66. The lowest BCUT2D eigenvalue weighted by Gasteiger charge is -2.29. The first-order chi connectivity index (χ1) is 23.0. The summed E-state index contributed by atoms with van der Waals surface area (Å²) in [5, 5.41) is 5.02. The van der Waals surface area contributed by atoms with Crippen LogP contribution in [0, 0.1) is 27.7 Å². The third kappa shape index (κ3) is 6.13. The number of fused-ring (bicyclic) bond motifs is 2. The molecule has 7 aromatic carbocycles. The molecule has 7 aromatic rings. The lowest BCUT2D eigenvalue weighted by molar-refractivity contribution is 1.20. The van der Waals surface area contributed by atoms with E-state index in [1.807, 2.05) is 0 Å². The quantitative estimate of drug-likeness (QED) is 0.129. The van der Waals surface area contributed by atoms with E-state index in [0.717, 1.165) is 16.9 Å². The van der Waals surface area contributed by atoms with Crippen LogP contribution in [0.1, 0.15) is 44.5 Å². The smallest absolute Gasteiger partial charge is 0.0520 e. The topological polar surface area (TPSA) is 3.24 Å². The molecule has 0 N–H and O–H groups in total. The average molecular weight is 606 g/mol. The van der Waals surface area contributed by atoms with Crippen LogP contribution in [0.15, 0.2) is 140 Å². The Morgan fingerprint density at radius 3 is 1.26 bits per heavy atom. The Labute approximate surface area is 278 Å². The molecular formula is C46H39N. The highest BCUT2D eigenvalue weighted by atomic mass is 15.1. The van der Waals surface area contributed by atoms with Gasteiger partial charge in [0.2, 0.25) is 0 Å². The highest BCUT2D eigenvalue weighted by molar-refractivity contribution is 6.14. The highest BCUT2D eigenvalue weighted by Gasteiger charge is 2.17. The monoisotopic (exact) mass is 605 g/mol. The van der Waals surface area contributed by atoms with Crippen molar-refractivity contribution in [1.82, 2.24) is 0 Å². The first-order valence-electron chi connectivity index (χ1n) is 16.4. The van der Waals surface area contributed by atoms with Crippen molar-refractivity contribution in [2.75, 3.05) is 4.90 Å². The number of rotatable bonds is 7. The fourth-order valence-electron chi connectivity index (χ4n) is 6.84. The standard InChI is InChI=1S/C46H39N/c1-32-18-24-38(25-19-32)47(46-34(3)30-33(2)31-35(46)4)39-26-20-37(21-27-39)23-29-45-42-16-10-8-14-40(42)44(41-15-9-11-17-43(41)45)28-22-36-12-6-5-7-13-36/h5-31H,1-4H3. The van der Waals surface area contributed by atoms with Crippen molar-refractivity contribution < 1.29 is 0 Å². The number of benzene rings is 7. The van der Waals surface area contributed by atoms with Crippen LogP contribution >= 0.6 is 0 Å². The van der Waals surface area contributed by atoms with Gasteiger partial charge in [-0.3, -0.25) is 0 Å². The van der Waals surface area contributed by atoms with E-state index in [1.54, 1.807) is 0 Å². The molecule has 7 rings (SSSR count). The molecule has 1 heteroatoms. The Morgan fingerprint density at radius 2 is 0.787 bits per heavy atom. The van der Waals surface area contributed by atoms with Gasteiger partial charge in [-0.1, -0.05) is 151 Å². The third-order valence-electron chi connectivity index (χ3n) is 9.00. The molecule has 228 valence electrons. The van der Waals surface area contributed by atoms with Gasteiger partial charge in [0.1, 0.15) is 0 Å². The van der Waals surface area contributed by atoms with Crippen LogP contribution in [-0.2, 0) is 0 Å². The number of hydrogen-bond donors (Lipinski definition) is 0. The number of aryl methyl sites for hydroxylation is 4. The summed E-state index contributed by atoms with van der Waals surface area (Å²) in [5.41, 5.74) is 13.5. The van der Waals surface area contributed by atoms with E-state index in [9.17, 15) is 0 Å². The Balaban J connectivity index is 1.29. The van der Waals surface area contributed by atoms with Gasteiger partial charge < -0.3 is 4.90 Å². The maximum atomic E-state index is 2.39. The summed E-state index contributed by atoms with van der Waals surface area (Å²) in [6.07, 6.45) is 9.01. The average Bonchev–Trinajstić information content (AvgIpc) is 3.09. The van der Waals surface area contributed by atoms with Gasteiger partial charge in [-0.15, -0.1) is 0 Å². The maximum absolute atomic E-state index is 2.39. The minimum absolute atomic E-state index is 1.14. The predicted molar refractivity (Wildman–Crippen MR) is 206 cm³/mol. The maximum Gasteiger partial charge on any atom is 0.0520 e. The zero-order valence-corrected chi connectivity index (χ0v) is 27.5. The lowest BCUT2D eigenvalue weighted by Crippen LogP contribution is -2.13. The van der Waals surface area contributed by atoms with Crippen LogP contribution in [0.25, 0.3) is 45.8 Å². The van der Waals surface area contributed by atoms with Gasteiger partial charge in [-0.2, -0.15) is 0 Å². The number of anilines is 3. The molecule has 0 fully saturated rings. The first kappa shape index (κ1) is 30.0. The highest BCUT2D eigenvalue weighted by Crippen LogP contribution is 2.40. The molecule has 0 radical (unpaired) electrons. The minimum atomic E-state index is 1.14. The van der Waals surface area contributed by atoms with Crippen LogP contribution in [0.2, 0.25) is 0 Å². The van der Waals surface area contributed by atoms with Gasteiger partial charge in [0.15, 0.2) is 0 Å². The summed E-state index contributed by atoms with van der Waals surface area (Å²) in [7, 11) is 0. The second-order valence-corrected chi connectivity index (χ2v) is 12.5. The predicted octanol–water partition coefficient (Wildman–Crippen LogP) is 13.0. The molecule has 0 saturated carbocycles. The van der Waals surface area contributed by atoms with E-state index < -0.39 is 0 Å². The van der Waals surface area contributed by atoms with Crippen LogP contribution in [-0.4, -0.2) is 0 Å². The molecule has 0 aliphatic rings. The Morgan fingerprint density at radius 1 is 0.383 bits per heavy atom. The van der Waals surface area contributed by atoms with E-state index in [4.69, 9.17) is 0 Å². The largest absolute Gasteiger partial charge is 0.310 e. The summed E-state index contributed by atoms with van der Waals surface area (Å²) >= 11 is 0. The molecule has 0 aromatic heterocycles. The van der Waals surface area contributed by atoms with Crippen molar-refractivity contribution in [1.29, 1.82) is 0 Å².